The number of fused-ring (bicyclic) bond motifs is 1. The summed E-state index contributed by atoms with van der Waals surface area (Å²) in [6, 6.07) is 1.34. The first-order valence-electron chi connectivity index (χ1n) is 6.91. The standard InChI is InChI=1S/C13H26N2O/c1-3-14-10-11(2)15-8-9-16-13-7-5-4-6-12(13)15/h11-14H,3-10H2,1-2H3. The lowest BCUT2D eigenvalue weighted by molar-refractivity contribution is -0.0997. The number of likely N-dealkylation sites (N-methyl/N-ethyl adjacent to an activating group) is 1. The molecule has 0 spiro atoms. The first kappa shape index (κ1) is 12.3. The molecule has 3 heteroatoms. The van der Waals surface area contributed by atoms with E-state index in [-0.39, 0.29) is 0 Å². The van der Waals surface area contributed by atoms with Crippen molar-refractivity contribution in [3.8, 4) is 0 Å². The number of hydrogen-bond donors (Lipinski definition) is 1. The summed E-state index contributed by atoms with van der Waals surface area (Å²) in [5, 5.41) is 3.46. The van der Waals surface area contributed by atoms with E-state index in [0.29, 0.717) is 18.2 Å². The number of ether oxygens (including phenoxy) is 1. The van der Waals surface area contributed by atoms with Crippen molar-refractivity contribution in [2.45, 2.75) is 57.7 Å². The number of hydrogen-bond acceptors (Lipinski definition) is 3. The fourth-order valence-electron chi connectivity index (χ4n) is 3.14. The second-order valence-electron chi connectivity index (χ2n) is 5.16. The molecular formula is C13H26N2O. The van der Waals surface area contributed by atoms with E-state index < -0.39 is 0 Å². The van der Waals surface area contributed by atoms with Crippen LogP contribution in [0, 0.1) is 0 Å². The van der Waals surface area contributed by atoms with Crippen LogP contribution in [-0.2, 0) is 4.74 Å². The van der Waals surface area contributed by atoms with Gasteiger partial charge in [-0.1, -0.05) is 19.8 Å². The number of nitrogens with zero attached hydrogens (tertiary/aromatic N) is 1. The lowest BCUT2D eigenvalue weighted by Gasteiger charge is -2.46. The van der Waals surface area contributed by atoms with E-state index in [0.717, 1.165) is 26.2 Å². The molecule has 0 bridgehead atoms. The highest BCUT2D eigenvalue weighted by Gasteiger charge is 2.35. The monoisotopic (exact) mass is 226 g/mol. The van der Waals surface area contributed by atoms with Crippen molar-refractivity contribution >= 4 is 0 Å². The van der Waals surface area contributed by atoms with Crippen molar-refractivity contribution in [2.24, 2.45) is 0 Å². The summed E-state index contributed by atoms with van der Waals surface area (Å²) in [6.45, 7) is 8.75. The first-order valence-corrected chi connectivity index (χ1v) is 6.91. The zero-order valence-corrected chi connectivity index (χ0v) is 10.7. The minimum absolute atomic E-state index is 0.520. The van der Waals surface area contributed by atoms with E-state index in [1.807, 2.05) is 0 Å². The minimum atomic E-state index is 0.520. The predicted octanol–water partition coefficient (Wildman–Crippen LogP) is 1.63. The maximum Gasteiger partial charge on any atom is 0.0731 e. The molecule has 3 atom stereocenters. The van der Waals surface area contributed by atoms with Gasteiger partial charge in [0, 0.05) is 25.2 Å². The van der Waals surface area contributed by atoms with Gasteiger partial charge in [-0.25, -0.2) is 0 Å². The highest BCUT2D eigenvalue weighted by atomic mass is 16.5. The Labute approximate surface area is 99.5 Å². The van der Waals surface area contributed by atoms with Crippen LogP contribution < -0.4 is 5.32 Å². The van der Waals surface area contributed by atoms with Crippen LogP contribution in [0.4, 0.5) is 0 Å². The van der Waals surface area contributed by atoms with Gasteiger partial charge < -0.3 is 10.1 Å². The fraction of sp³-hybridized carbons (Fsp3) is 1.00. The van der Waals surface area contributed by atoms with Crippen LogP contribution in [0.15, 0.2) is 0 Å². The highest BCUT2D eigenvalue weighted by molar-refractivity contribution is 4.90. The molecule has 3 nitrogen and oxygen atoms in total. The Kier molecular flexibility index (Phi) is 4.62. The summed E-state index contributed by atoms with van der Waals surface area (Å²) in [5.74, 6) is 0. The van der Waals surface area contributed by atoms with Crippen LogP contribution in [0.25, 0.3) is 0 Å². The molecule has 0 radical (unpaired) electrons. The molecule has 0 aromatic rings. The summed E-state index contributed by atoms with van der Waals surface area (Å²) < 4.78 is 5.90. The molecule has 3 unspecified atom stereocenters. The van der Waals surface area contributed by atoms with Gasteiger partial charge in [-0.2, -0.15) is 0 Å². The molecule has 16 heavy (non-hydrogen) atoms. The molecule has 1 N–H and O–H groups in total. The van der Waals surface area contributed by atoms with Crippen molar-refractivity contribution < 1.29 is 4.74 Å². The quantitative estimate of drug-likeness (QED) is 0.788. The molecule has 2 aliphatic rings. The smallest absolute Gasteiger partial charge is 0.0731 e. The van der Waals surface area contributed by atoms with Crippen LogP contribution in [0.3, 0.4) is 0 Å². The van der Waals surface area contributed by atoms with Gasteiger partial charge in [0.2, 0.25) is 0 Å². The Morgan fingerprint density at radius 2 is 2.19 bits per heavy atom. The van der Waals surface area contributed by atoms with Crippen LogP contribution in [-0.4, -0.2) is 49.3 Å². The Bertz CT molecular complexity index is 208. The van der Waals surface area contributed by atoms with Crippen LogP contribution in [0.1, 0.15) is 39.5 Å². The Morgan fingerprint density at radius 1 is 1.38 bits per heavy atom. The third kappa shape index (κ3) is 2.76. The van der Waals surface area contributed by atoms with Gasteiger partial charge in [-0.3, -0.25) is 4.90 Å². The molecule has 1 heterocycles. The zero-order valence-electron chi connectivity index (χ0n) is 10.7. The van der Waals surface area contributed by atoms with Crippen molar-refractivity contribution in [1.29, 1.82) is 0 Å². The summed E-state index contributed by atoms with van der Waals surface area (Å²) >= 11 is 0. The Balaban J connectivity index is 1.91. The van der Waals surface area contributed by atoms with Crippen molar-refractivity contribution in [1.82, 2.24) is 10.2 Å². The van der Waals surface area contributed by atoms with Crippen molar-refractivity contribution in [3.63, 3.8) is 0 Å². The molecular weight excluding hydrogens is 200 g/mol. The largest absolute Gasteiger partial charge is 0.375 e. The number of rotatable bonds is 4. The Hall–Kier alpha value is -0.120. The van der Waals surface area contributed by atoms with Gasteiger partial charge in [0.25, 0.3) is 0 Å². The molecule has 0 amide bonds. The maximum absolute atomic E-state index is 5.90. The van der Waals surface area contributed by atoms with Crippen LogP contribution in [0.5, 0.6) is 0 Å². The highest BCUT2D eigenvalue weighted by Crippen LogP contribution is 2.29. The van der Waals surface area contributed by atoms with Crippen LogP contribution >= 0.6 is 0 Å². The SMILES string of the molecule is CCNCC(C)N1CCOC2CCCCC21. The molecule has 1 aliphatic carbocycles. The summed E-state index contributed by atoms with van der Waals surface area (Å²) in [5.41, 5.74) is 0. The maximum atomic E-state index is 5.90. The average molecular weight is 226 g/mol. The van der Waals surface area contributed by atoms with Gasteiger partial charge in [0.15, 0.2) is 0 Å². The van der Waals surface area contributed by atoms with Crippen LogP contribution in [0.2, 0.25) is 0 Å². The van der Waals surface area contributed by atoms with Gasteiger partial charge in [0.1, 0.15) is 0 Å². The van der Waals surface area contributed by atoms with Gasteiger partial charge >= 0.3 is 0 Å². The Morgan fingerprint density at radius 3 is 3.00 bits per heavy atom. The van der Waals surface area contributed by atoms with E-state index in [1.54, 1.807) is 0 Å². The predicted molar refractivity (Wildman–Crippen MR) is 66.7 cm³/mol. The normalized spacial score (nSPS) is 33.4. The minimum Gasteiger partial charge on any atom is -0.375 e. The van der Waals surface area contributed by atoms with E-state index >= 15 is 0 Å². The molecule has 2 fully saturated rings. The number of nitrogens with one attached hydrogen (secondary N) is 1. The van der Waals surface area contributed by atoms with E-state index in [1.165, 1.54) is 25.7 Å². The third-order valence-electron chi connectivity index (χ3n) is 4.03. The van der Waals surface area contributed by atoms with Gasteiger partial charge in [0.05, 0.1) is 12.7 Å². The van der Waals surface area contributed by atoms with Crippen molar-refractivity contribution in [2.75, 3.05) is 26.2 Å². The topological polar surface area (TPSA) is 24.5 Å². The molecule has 1 aliphatic heterocycles. The average Bonchev–Trinajstić information content (AvgIpc) is 2.35. The second-order valence-corrected chi connectivity index (χ2v) is 5.16. The number of morpholine rings is 1. The van der Waals surface area contributed by atoms with E-state index in [2.05, 4.69) is 24.1 Å². The summed E-state index contributed by atoms with van der Waals surface area (Å²) in [6.07, 6.45) is 5.87. The molecule has 1 saturated carbocycles. The zero-order chi connectivity index (χ0) is 11.4. The molecule has 1 saturated heterocycles. The molecule has 94 valence electrons. The molecule has 2 rings (SSSR count). The van der Waals surface area contributed by atoms with Crippen molar-refractivity contribution in [3.05, 3.63) is 0 Å². The summed E-state index contributed by atoms with van der Waals surface area (Å²) in [4.78, 5) is 2.68. The van der Waals surface area contributed by atoms with Gasteiger partial charge in [-0.05, 0) is 26.3 Å². The lowest BCUT2D eigenvalue weighted by Crippen LogP contribution is -2.57. The van der Waals surface area contributed by atoms with E-state index in [9.17, 15) is 0 Å². The molecule has 0 aromatic heterocycles. The third-order valence-corrected chi connectivity index (χ3v) is 4.03. The fourth-order valence-corrected chi connectivity index (χ4v) is 3.14. The first-order chi connectivity index (χ1) is 7.83. The summed E-state index contributed by atoms with van der Waals surface area (Å²) in [7, 11) is 0. The van der Waals surface area contributed by atoms with E-state index in [4.69, 9.17) is 4.74 Å². The van der Waals surface area contributed by atoms with Gasteiger partial charge in [-0.15, -0.1) is 0 Å². The molecule has 0 aromatic carbocycles. The second kappa shape index (κ2) is 5.99. The lowest BCUT2D eigenvalue weighted by atomic mass is 9.89.